The molecule has 0 aliphatic carbocycles. The van der Waals surface area contributed by atoms with E-state index in [1.54, 1.807) is 7.11 Å². The summed E-state index contributed by atoms with van der Waals surface area (Å²) < 4.78 is 11.5. The second-order valence-corrected chi connectivity index (χ2v) is 8.78. The molecule has 1 saturated heterocycles. The van der Waals surface area contributed by atoms with Gasteiger partial charge in [0, 0.05) is 30.4 Å². The molecule has 4 nitrogen and oxygen atoms in total. The molecule has 0 unspecified atom stereocenters. The van der Waals surface area contributed by atoms with Gasteiger partial charge in [-0.15, -0.1) is 12.4 Å². The van der Waals surface area contributed by atoms with Gasteiger partial charge in [0.2, 0.25) is 0 Å². The van der Waals surface area contributed by atoms with Crippen molar-refractivity contribution in [2.75, 3.05) is 31.6 Å². The molecule has 0 saturated carbocycles. The topological polar surface area (TPSA) is 24.9 Å². The number of fused-ring (bicyclic) bond motifs is 2. The van der Waals surface area contributed by atoms with Crippen molar-refractivity contribution in [1.82, 2.24) is 4.90 Å². The van der Waals surface area contributed by atoms with Crippen LogP contribution in [-0.4, -0.2) is 37.7 Å². The highest BCUT2D eigenvalue weighted by atomic mass is 35.5. The molecule has 2 aliphatic rings. The maximum absolute atomic E-state index is 6.18. The number of nitrogens with zero attached hydrogens (tertiary/aromatic N) is 2. The van der Waals surface area contributed by atoms with Gasteiger partial charge in [-0.3, -0.25) is 4.90 Å². The van der Waals surface area contributed by atoms with Crippen LogP contribution in [0.3, 0.4) is 0 Å². The van der Waals surface area contributed by atoms with Crippen LogP contribution in [-0.2, 0) is 13.0 Å². The molecule has 3 aromatic rings. The smallest absolute Gasteiger partial charge is 0.143 e. The Balaban J connectivity index is 0.00000259. The quantitative estimate of drug-likeness (QED) is 0.430. The molecule has 0 amide bonds. The van der Waals surface area contributed by atoms with Crippen LogP contribution in [0.4, 0.5) is 11.4 Å². The van der Waals surface area contributed by atoms with E-state index in [9.17, 15) is 0 Å². The maximum atomic E-state index is 6.18. The zero-order valence-electron chi connectivity index (χ0n) is 19.3. The second kappa shape index (κ2) is 11.0. The zero-order chi connectivity index (χ0) is 21.8. The first-order valence-corrected chi connectivity index (χ1v) is 11.8. The Bertz CT molecular complexity index is 993. The Hall–Kier alpha value is -2.69. The van der Waals surface area contributed by atoms with Gasteiger partial charge in [0.05, 0.1) is 12.8 Å². The van der Waals surface area contributed by atoms with Crippen molar-refractivity contribution in [1.29, 1.82) is 0 Å². The minimum Gasteiger partial charge on any atom is -0.497 e. The summed E-state index contributed by atoms with van der Waals surface area (Å²) in [4.78, 5) is 5.19. The first kappa shape index (κ1) is 23.5. The highest BCUT2D eigenvalue weighted by Gasteiger charge is 2.28. The summed E-state index contributed by atoms with van der Waals surface area (Å²) >= 11 is 0. The van der Waals surface area contributed by atoms with Crippen LogP contribution in [0.1, 0.15) is 30.4 Å². The number of methoxy groups -OCH3 is 1. The molecular weight excluding hydrogens is 432 g/mol. The van der Waals surface area contributed by atoms with E-state index >= 15 is 0 Å². The number of halogens is 1. The van der Waals surface area contributed by atoms with Crippen molar-refractivity contribution < 1.29 is 9.47 Å². The van der Waals surface area contributed by atoms with E-state index < -0.39 is 0 Å². The molecule has 174 valence electrons. The van der Waals surface area contributed by atoms with Gasteiger partial charge < -0.3 is 14.4 Å². The summed E-state index contributed by atoms with van der Waals surface area (Å²) in [6, 6.07) is 26.2. The third-order valence-corrected chi connectivity index (χ3v) is 6.81. The van der Waals surface area contributed by atoms with E-state index in [-0.39, 0.29) is 12.4 Å². The highest BCUT2D eigenvalue weighted by molar-refractivity contribution is 5.85. The molecular formula is C28H33ClN2O2. The van der Waals surface area contributed by atoms with Gasteiger partial charge in [0.15, 0.2) is 0 Å². The second-order valence-electron chi connectivity index (χ2n) is 8.78. The third kappa shape index (κ3) is 5.29. The fraction of sp³-hybridized carbons (Fsp3) is 0.357. The molecule has 1 fully saturated rings. The van der Waals surface area contributed by atoms with Crippen molar-refractivity contribution in [3.8, 4) is 11.5 Å². The van der Waals surface area contributed by atoms with Crippen LogP contribution < -0.4 is 14.4 Å². The molecule has 3 aromatic carbocycles. The molecule has 33 heavy (non-hydrogen) atoms. The van der Waals surface area contributed by atoms with E-state index in [2.05, 4.69) is 82.6 Å². The lowest BCUT2D eigenvalue weighted by Gasteiger charge is -2.39. The van der Waals surface area contributed by atoms with Gasteiger partial charge in [-0.1, -0.05) is 48.9 Å². The number of piperidine rings is 1. The van der Waals surface area contributed by atoms with E-state index in [4.69, 9.17) is 9.47 Å². The molecule has 2 aliphatic heterocycles. The Labute approximate surface area is 203 Å². The lowest BCUT2D eigenvalue weighted by Crippen LogP contribution is -2.46. The summed E-state index contributed by atoms with van der Waals surface area (Å²) in [6.07, 6.45) is 4.90. The minimum absolute atomic E-state index is 0. The fourth-order valence-electron chi connectivity index (χ4n) is 5.02. The van der Waals surface area contributed by atoms with E-state index in [1.807, 2.05) is 0 Å². The predicted octanol–water partition coefficient (Wildman–Crippen LogP) is 6.24. The molecule has 0 aromatic heterocycles. The van der Waals surface area contributed by atoms with Gasteiger partial charge >= 0.3 is 0 Å². The monoisotopic (exact) mass is 464 g/mol. The van der Waals surface area contributed by atoms with Crippen molar-refractivity contribution in [2.24, 2.45) is 0 Å². The number of rotatable bonds is 6. The Kier molecular flexibility index (Phi) is 7.79. The number of benzene rings is 3. The average Bonchev–Trinajstić information content (AvgIpc) is 3.01. The third-order valence-electron chi connectivity index (χ3n) is 6.81. The molecule has 5 rings (SSSR count). The van der Waals surface area contributed by atoms with Gasteiger partial charge in [0.25, 0.3) is 0 Å². The normalized spacial score (nSPS) is 17.7. The summed E-state index contributed by atoms with van der Waals surface area (Å²) in [5.41, 5.74) is 5.08. The Morgan fingerprint density at radius 2 is 1.67 bits per heavy atom. The van der Waals surface area contributed by atoms with Crippen molar-refractivity contribution >= 4 is 23.8 Å². The summed E-state index contributed by atoms with van der Waals surface area (Å²) in [6.45, 7) is 3.87. The number of para-hydroxylation sites is 3. The number of hydrogen-bond donors (Lipinski definition) is 0. The van der Waals surface area contributed by atoms with Crippen LogP contribution >= 0.6 is 12.4 Å². The SMILES string of the molecule is COc1ccc(CCN2CCCC[C@@H]2CN2c3ccccc3COc3ccccc32)cc1.Cl. The van der Waals surface area contributed by atoms with Crippen LogP contribution in [0.2, 0.25) is 0 Å². The standard InChI is InChI=1S/C28H32N2O2.ClH/c1-31-25-15-13-22(14-16-25)17-19-29-18-7-6-9-24(29)20-30-26-10-3-2-8-23(26)21-32-28-12-5-4-11-27(28)30;/h2-5,8,10-16,24H,6-7,9,17-21H2,1H3;1H/t24-;/m1./s1. The number of likely N-dealkylation sites (tertiary alicyclic amines) is 1. The summed E-state index contributed by atoms with van der Waals surface area (Å²) in [7, 11) is 1.72. The van der Waals surface area contributed by atoms with Crippen molar-refractivity contribution in [2.45, 2.75) is 38.3 Å². The highest BCUT2D eigenvalue weighted by Crippen LogP contribution is 2.40. The number of hydrogen-bond acceptors (Lipinski definition) is 4. The molecule has 5 heteroatoms. The van der Waals surface area contributed by atoms with Gasteiger partial charge in [-0.25, -0.2) is 0 Å². The Morgan fingerprint density at radius 3 is 2.48 bits per heavy atom. The van der Waals surface area contributed by atoms with Gasteiger partial charge in [-0.2, -0.15) is 0 Å². The average molecular weight is 465 g/mol. The minimum atomic E-state index is 0. The molecule has 0 radical (unpaired) electrons. The van der Waals surface area contributed by atoms with Crippen LogP contribution in [0.5, 0.6) is 11.5 Å². The Morgan fingerprint density at radius 1 is 0.909 bits per heavy atom. The van der Waals surface area contributed by atoms with Crippen LogP contribution in [0.25, 0.3) is 0 Å². The van der Waals surface area contributed by atoms with E-state index in [1.165, 1.54) is 48.3 Å². The molecule has 1 atom stereocenters. The molecule has 0 bridgehead atoms. The van der Waals surface area contributed by atoms with Gasteiger partial charge in [-0.05, 0) is 61.7 Å². The molecule has 0 N–H and O–H groups in total. The van der Waals surface area contributed by atoms with E-state index in [0.717, 1.165) is 31.0 Å². The zero-order valence-corrected chi connectivity index (χ0v) is 20.1. The number of anilines is 2. The lowest BCUT2D eigenvalue weighted by atomic mass is 9.99. The summed E-state index contributed by atoms with van der Waals surface area (Å²) in [5, 5.41) is 0. The van der Waals surface area contributed by atoms with Crippen molar-refractivity contribution in [3.05, 3.63) is 83.9 Å². The largest absolute Gasteiger partial charge is 0.497 e. The van der Waals surface area contributed by atoms with E-state index in [0.29, 0.717) is 12.6 Å². The fourth-order valence-corrected chi connectivity index (χ4v) is 5.02. The number of ether oxygens (including phenoxy) is 2. The van der Waals surface area contributed by atoms with Crippen molar-refractivity contribution in [3.63, 3.8) is 0 Å². The maximum Gasteiger partial charge on any atom is 0.143 e. The molecule has 0 spiro atoms. The lowest BCUT2D eigenvalue weighted by molar-refractivity contribution is 0.154. The first-order chi connectivity index (χ1) is 15.8. The van der Waals surface area contributed by atoms with Crippen LogP contribution in [0.15, 0.2) is 72.8 Å². The first-order valence-electron chi connectivity index (χ1n) is 11.8. The van der Waals surface area contributed by atoms with Gasteiger partial charge in [0.1, 0.15) is 18.1 Å². The predicted molar refractivity (Wildman–Crippen MR) is 137 cm³/mol. The summed E-state index contributed by atoms with van der Waals surface area (Å²) in [5.74, 6) is 1.90. The molecule has 2 heterocycles. The van der Waals surface area contributed by atoms with Crippen LogP contribution in [0, 0.1) is 0 Å².